The highest BCUT2D eigenvalue weighted by molar-refractivity contribution is 5.91. The molecule has 3 aromatic carbocycles. The third-order valence-electron chi connectivity index (χ3n) is 3.56. The number of rotatable bonds is 2. The van der Waals surface area contributed by atoms with Crippen LogP contribution in [0.15, 0.2) is 78.5 Å². The van der Waals surface area contributed by atoms with Crippen LogP contribution in [0.25, 0.3) is 21.2 Å². The third-order valence-corrected chi connectivity index (χ3v) is 3.56. The Morgan fingerprint density at radius 2 is 1.50 bits per heavy atom. The van der Waals surface area contributed by atoms with E-state index in [0.717, 1.165) is 21.9 Å². The number of nitrogens with zero attached hydrogens (tertiary/aromatic N) is 2. The second-order valence-corrected chi connectivity index (χ2v) is 4.88. The summed E-state index contributed by atoms with van der Waals surface area (Å²) in [6.45, 7) is 7.30. The molecule has 0 aliphatic rings. The molecule has 0 fully saturated rings. The van der Waals surface area contributed by atoms with Gasteiger partial charge in [0.2, 0.25) is 0 Å². The zero-order chi connectivity index (χ0) is 15.4. The van der Waals surface area contributed by atoms with E-state index in [1.165, 1.54) is 0 Å². The fourth-order valence-corrected chi connectivity index (χ4v) is 2.53. The smallest absolute Gasteiger partial charge is 0.226 e. The van der Waals surface area contributed by atoms with Crippen LogP contribution in [0.5, 0.6) is 0 Å². The molecule has 2 nitrogen and oxygen atoms in total. The lowest BCUT2D eigenvalue weighted by molar-refractivity contribution is 1.47. The van der Waals surface area contributed by atoms with Crippen LogP contribution < -0.4 is 0 Å². The van der Waals surface area contributed by atoms with Gasteiger partial charge in [0.25, 0.3) is 5.70 Å². The fraction of sp³-hybridized carbons (Fsp3) is 0. The first kappa shape index (κ1) is 13.6. The van der Waals surface area contributed by atoms with Gasteiger partial charge in [0, 0.05) is 5.57 Å². The van der Waals surface area contributed by atoms with Crippen LogP contribution in [0.4, 0.5) is 0 Å². The topological polar surface area (TPSA) is 28.1 Å². The van der Waals surface area contributed by atoms with Gasteiger partial charge in [-0.15, -0.1) is 0 Å². The summed E-state index contributed by atoms with van der Waals surface area (Å²) < 4.78 is 0. The Morgan fingerprint density at radius 1 is 0.818 bits per heavy atom. The minimum absolute atomic E-state index is 0.112. The zero-order valence-corrected chi connectivity index (χ0v) is 11.8. The fourth-order valence-electron chi connectivity index (χ4n) is 2.53. The average molecular weight is 280 g/mol. The molecule has 0 saturated heterocycles. The number of allylic oxidation sites excluding steroid dienone is 1. The number of hydrogen-bond donors (Lipinski definition) is 0. The monoisotopic (exact) mass is 280 g/mol. The first-order valence-corrected chi connectivity index (χ1v) is 6.90. The van der Waals surface area contributed by atoms with Gasteiger partial charge in [-0.1, -0.05) is 66.7 Å². The summed E-state index contributed by atoms with van der Waals surface area (Å²) in [5, 5.41) is 11.5. The number of hydrogen-bond acceptors (Lipinski definition) is 1. The molecule has 0 aliphatic heterocycles. The molecule has 0 aliphatic carbocycles. The molecule has 0 radical (unpaired) electrons. The van der Waals surface area contributed by atoms with Crippen molar-refractivity contribution in [2.24, 2.45) is 0 Å². The molecule has 0 saturated carbocycles. The van der Waals surface area contributed by atoms with E-state index >= 15 is 0 Å². The maximum atomic E-state index is 9.31. The zero-order valence-electron chi connectivity index (χ0n) is 11.8. The molecule has 3 rings (SSSR count). The third kappa shape index (κ3) is 2.46. The molecule has 0 aromatic heterocycles. The molecule has 0 N–H and O–H groups in total. The van der Waals surface area contributed by atoms with Crippen LogP contribution in [-0.2, 0) is 0 Å². The maximum Gasteiger partial charge on any atom is 0.270 e. The number of nitriles is 1. The van der Waals surface area contributed by atoms with Gasteiger partial charge in [0.15, 0.2) is 0 Å². The molecule has 3 aromatic rings. The Kier molecular flexibility index (Phi) is 3.69. The quantitative estimate of drug-likeness (QED) is 0.477. The van der Waals surface area contributed by atoms with Gasteiger partial charge in [0.1, 0.15) is 0 Å². The standard InChI is InChI=1S/C20H12N2/c1-22-19(14-21)20(16-8-3-2-4-9-16)18-12-11-15-7-5-6-10-17(15)13-18/h2-13H. The van der Waals surface area contributed by atoms with E-state index in [-0.39, 0.29) is 5.70 Å². The summed E-state index contributed by atoms with van der Waals surface area (Å²) in [7, 11) is 0. The van der Waals surface area contributed by atoms with Gasteiger partial charge < -0.3 is 0 Å². The summed E-state index contributed by atoms with van der Waals surface area (Å²) in [5.41, 5.74) is 2.56. The van der Waals surface area contributed by atoms with Crippen molar-refractivity contribution in [3.8, 4) is 6.07 Å². The minimum Gasteiger partial charge on any atom is -0.226 e. The summed E-state index contributed by atoms with van der Waals surface area (Å²) in [4.78, 5) is 3.41. The van der Waals surface area contributed by atoms with Crippen LogP contribution in [0.3, 0.4) is 0 Å². The van der Waals surface area contributed by atoms with Gasteiger partial charge in [-0.3, -0.25) is 0 Å². The van der Waals surface area contributed by atoms with Crippen molar-refractivity contribution >= 4 is 16.3 Å². The van der Waals surface area contributed by atoms with Crippen LogP contribution in [-0.4, -0.2) is 0 Å². The lowest BCUT2D eigenvalue weighted by Crippen LogP contribution is -1.91. The molecule has 0 amide bonds. The van der Waals surface area contributed by atoms with Gasteiger partial charge in [-0.2, -0.15) is 0 Å². The maximum absolute atomic E-state index is 9.31. The Hall–Kier alpha value is -3.36. The first-order chi connectivity index (χ1) is 10.8. The molecule has 0 unspecified atom stereocenters. The van der Waals surface area contributed by atoms with E-state index < -0.39 is 0 Å². The van der Waals surface area contributed by atoms with Gasteiger partial charge in [0.05, 0.1) is 12.6 Å². The Bertz CT molecular complexity index is 923. The highest BCUT2D eigenvalue weighted by Gasteiger charge is 2.12. The van der Waals surface area contributed by atoms with Gasteiger partial charge in [-0.05, 0) is 28.0 Å². The second kappa shape index (κ2) is 5.95. The largest absolute Gasteiger partial charge is 0.270 e. The van der Waals surface area contributed by atoms with Crippen molar-refractivity contribution in [1.82, 2.24) is 0 Å². The van der Waals surface area contributed by atoms with E-state index in [0.29, 0.717) is 5.57 Å². The molecule has 22 heavy (non-hydrogen) atoms. The van der Waals surface area contributed by atoms with E-state index in [2.05, 4.69) is 4.85 Å². The molecule has 0 bridgehead atoms. The van der Waals surface area contributed by atoms with Crippen molar-refractivity contribution in [3.05, 3.63) is 101 Å². The average Bonchev–Trinajstić information content (AvgIpc) is 2.60. The second-order valence-electron chi connectivity index (χ2n) is 4.88. The lowest BCUT2D eigenvalue weighted by atomic mass is 9.94. The van der Waals surface area contributed by atoms with Gasteiger partial charge >= 0.3 is 0 Å². The Labute approximate surface area is 129 Å². The van der Waals surface area contributed by atoms with Crippen molar-refractivity contribution in [3.63, 3.8) is 0 Å². The number of fused-ring (bicyclic) bond motifs is 1. The normalized spacial score (nSPS) is 11.4. The SMILES string of the molecule is [C-]#[N+]C(C#N)=C(c1ccccc1)c1ccc2ccccc2c1. The van der Waals surface area contributed by atoms with E-state index in [9.17, 15) is 5.26 Å². The summed E-state index contributed by atoms with van der Waals surface area (Å²) in [5.74, 6) is 0. The first-order valence-electron chi connectivity index (χ1n) is 6.90. The Balaban J connectivity index is 2.28. The predicted molar refractivity (Wildman–Crippen MR) is 88.6 cm³/mol. The van der Waals surface area contributed by atoms with Crippen LogP contribution in [0.2, 0.25) is 0 Å². The molecule has 0 spiro atoms. The Morgan fingerprint density at radius 3 is 2.18 bits per heavy atom. The van der Waals surface area contributed by atoms with Crippen LogP contribution in [0.1, 0.15) is 11.1 Å². The molecular weight excluding hydrogens is 268 g/mol. The van der Waals surface area contributed by atoms with Crippen molar-refractivity contribution in [2.45, 2.75) is 0 Å². The van der Waals surface area contributed by atoms with Crippen LogP contribution in [0, 0.1) is 17.9 Å². The van der Waals surface area contributed by atoms with Crippen molar-refractivity contribution in [2.75, 3.05) is 0 Å². The number of benzene rings is 3. The molecule has 102 valence electrons. The molecule has 0 atom stereocenters. The molecular formula is C20H12N2. The summed E-state index contributed by atoms with van der Waals surface area (Å²) >= 11 is 0. The van der Waals surface area contributed by atoms with Crippen molar-refractivity contribution in [1.29, 1.82) is 5.26 Å². The highest BCUT2D eigenvalue weighted by atomic mass is 14.7. The summed E-state index contributed by atoms with van der Waals surface area (Å²) in [6.07, 6.45) is 0. The molecule has 2 heteroatoms. The van der Waals surface area contributed by atoms with Crippen molar-refractivity contribution < 1.29 is 0 Å². The molecule has 0 heterocycles. The minimum atomic E-state index is 0.112. The van der Waals surface area contributed by atoms with E-state index in [1.807, 2.05) is 78.9 Å². The lowest BCUT2D eigenvalue weighted by Gasteiger charge is -2.10. The highest BCUT2D eigenvalue weighted by Crippen LogP contribution is 2.29. The predicted octanol–water partition coefficient (Wildman–Crippen LogP) is 5.04. The summed E-state index contributed by atoms with van der Waals surface area (Å²) in [6, 6.07) is 25.7. The van der Waals surface area contributed by atoms with E-state index in [1.54, 1.807) is 0 Å². The van der Waals surface area contributed by atoms with E-state index in [4.69, 9.17) is 6.57 Å². The van der Waals surface area contributed by atoms with Gasteiger partial charge in [-0.25, -0.2) is 10.1 Å². The van der Waals surface area contributed by atoms with Crippen LogP contribution >= 0.6 is 0 Å².